The number of anilines is 1. The number of carbonyl (C=O) groups is 1. The molecule has 6 rings (SSSR count). The van der Waals surface area contributed by atoms with Gasteiger partial charge in [-0.15, -0.1) is 0 Å². The van der Waals surface area contributed by atoms with Gasteiger partial charge in [-0.05, 0) is 87.5 Å². The Hall–Kier alpha value is -3.13. The topological polar surface area (TPSA) is 80.2 Å². The van der Waals surface area contributed by atoms with Crippen LogP contribution in [0.4, 0.5) is 5.95 Å². The fourth-order valence-corrected chi connectivity index (χ4v) is 6.84. The Morgan fingerprint density at radius 1 is 1.05 bits per heavy atom. The molecule has 2 aliphatic carbocycles. The number of amides is 1. The standard InChI is InChI=1S/C31H37N5O2S/c1-18(2)14-22-17-38-28-21(5)27(26-19(3)8-6-9-20(26)4)33-30(34-28)35-39-25-11-7-10-24(32-25)29(37)36(22)23-15-31(16-23)12-13-31/h6-11,18,22-23H,12-17H2,1-5H3,(H,33,34,35)/t22-/m1/s1. The maximum Gasteiger partial charge on any atom is 0.273 e. The molecule has 1 N–H and O–H groups in total. The predicted octanol–water partition coefficient (Wildman–Crippen LogP) is 6.77. The SMILES string of the molecule is Cc1cccc(C)c1-c1nc2nc(c1C)OC[C@@H](CC(C)C)N(C1CC3(CC3)C1)C(=O)c1cccc(n1)SN2. The summed E-state index contributed by atoms with van der Waals surface area (Å²) in [7, 11) is 0. The van der Waals surface area contributed by atoms with Crippen molar-refractivity contribution in [2.75, 3.05) is 11.3 Å². The molecule has 39 heavy (non-hydrogen) atoms. The number of hydrogen-bond donors (Lipinski definition) is 1. The molecule has 0 radical (unpaired) electrons. The number of carbonyl (C=O) groups excluding carboxylic acids is 1. The van der Waals surface area contributed by atoms with Crippen LogP contribution in [0.15, 0.2) is 41.4 Å². The lowest BCUT2D eigenvalue weighted by atomic mass is 9.75. The molecule has 2 fully saturated rings. The zero-order valence-corrected chi connectivity index (χ0v) is 24.3. The van der Waals surface area contributed by atoms with Gasteiger partial charge < -0.3 is 9.64 Å². The van der Waals surface area contributed by atoms with Crippen molar-refractivity contribution in [3.05, 3.63) is 58.8 Å². The van der Waals surface area contributed by atoms with Gasteiger partial charge in [0.05, 0.1) is 11.7 Å². The van der Waals surface area contributed by atoms with Crippen molar-refractivity contribution >= 4 is 23.8 Å². The van der Waals surface area contributed by atoms with E-state index in [1.54, 1.807) is 0 Å². The maximum atomic E-state index is 14.1. The highest BCUT2D eigenvalue weighted by Gasteiger charge is 2.56. The van der Waals surface area contributed by atoms with E-state index in [-0.39, 0.29) is 18.0 Å². The average molecular weight is 544 g/mol. The summed E-state index contributed by atoms with van der Waals surface area (Å²) in [5.74, 6) is 1.42. The van der Waals surface area contributed by atoms with E-state index in [0.717, 1.165) is 47.2 Å². The minimum absolute atomic E-state index is 0.00261. The summed E-state index contributed by atoms with van der Waals surface area (Å²) in [4.78, 5) is 30.7. The minimum Gasteiger partial charge on any atom is -0.475 e. The number of aryl methyl sites for hydroxylation is 2. The molecule has 1 spiro atoms. The van der Waals surface area contributed by atoms with E-state index in [1.165, 1.54) is 24.8 Å². The van der Waals surface area contributed by atoms with Crippen molar-refractivity contribution in [3.8, 4) is 17.1 Å². The number of fused-ring (bicyclic) bond motifs is 4. The van der Waals surface area contributed by atoms with Gasteiger partial charge in [-0.3, -0.25) is 9.52 Å². The Kier molecular flexibility index (Phi) is 6.78. The smallest absolute Gasteiger partial charge is 0.273 e. The summed E-state index contributed by atoms with van der Waals surface area (Å²) in [6.07, 6.45) is 5.59. The second-order valence-corrected chi connectivity index (χ2v) is 12.9. The average Bonchev–Trinajstić information content (AvgIpc) is 3.68. The summed E-state index contributed by atoms with van der Waals surface area (Å²) in [6, 6.07) is 12.1. The summed E-state index contributed by atoms with van der Waals surface area (Å²) in [5.41, 5.74) is 6.12. The number of ether oxygens (including phenoxy) is 1. The molecule has 0 saturated heterocycles. The molecule has 2 saturated carbocycles. The van der Waals surface area contributed by atoms with Crippen LogP contribution in [0, 0.1) is 32.1 Å². The second-order valence-electron chi connectivity index (χ2n) is 12.0. The van der Waals surface area contributed by atoms with Gasteiger partial charge in [0, 0.05) is 29.1 Å². The fourth-order valence-electron chi connectivity index (χ4n) is 6.27. The maximum absolute atomic E-state index is 14.1. The zero-order valence-electron chi connectivity index (χ0n) is 23.5. The first-order valence-corrected chi connectivity index (χ1v) is 14.9. The van der Waals surface area contributed by atoms with Gasteiger partial charge in [0.1, 0.15) is 17.3 Å². The van der Waals surface area contributed by atoms with Crippen LogP contribution in [0.1, 0.15) is 73.1 Å². The highest BCUT2D eigenvalue weighted by Crippen LogP contribution is 2.62. The molecule has 1 atom stereocenters. The molecule has 1 aliphatic heterocycles. The quantitative estimate of drug-likeness (QED) is 0.364. The third kappa shape index (κ3) is 5.11. The largest absolute Gasteiger partial charge is 0.475 e. The molecule has 3 aliphatic rings. The molecular weight excluding hydrogens is 506 g/mol. The Labute approximate surface area is 235 Å². The van der Waals surface area contributed by atoms with Crippen LogP contribution < -0.4 is 9.46 Å². The molecule has 4 bridgehead atoms. The van der Waals surface area contributed by atoms with Crippen molar-refractivity contribution in [2.24, 2.45) is 11.3 Å². The number of benzene rings is 1. The number of pyridine rings is 1. The van der Waals surface area contributed by atoms with Crippen LogP contribution in [0.2, 0.25) is 0 Å². The normalized spacial score (nSPS) is 20.4. The van der Waals surface area contributed by atoms with E-state index in [4.69, 9.17) is 19.7 Å². The summed E-state index contributed by atoms with van der Waals surface area (Å²) in [6.45, 7) is 11.0. The predicted molar refractivity (Wildman–Crippen MR) is 155 cm³/mol. The van der Waals surface area contributed by atoms with Crippen molar-refractivity contribution in [1.82, 2.24) is 19.9 Å². The van der Waals surface area contributed by atoms with E-state index in [9.17, 15) is 4.79 Å². The number of rotatable bonds is 4. The van der Waals surface area contributed by atoms with Gasteiger partial charge in [-0.1, -0.05) is 38.1 Å². The van der Waals surface area contributed by atoms with Crippen LogP contribution >= 0.6 is 11.9 Å². The highest BCUT2D eigenvalue weighted by atomic mass is 32.2. The lowest BCUT2D eigenvalue weighted by molar-refractivity contribution is 0.00865. The minimum atomic E-state index is -0.0770. The molecule has 3 heterocycles. The lowest BCUT2D eigenvalue weighted by Gasteiger charge is -2.47. The van der Waals surface area contributed by atoms with Crippen molar-refractivity contribution in [2.45, 2.75) is 83.8 Å². The highest BCUT2D eigenvalue weighted by molar-refractivity contribution is 8.00. The lowest BCUT2D eigenvalue weighted by Crippen LogP contribution is -2.55. The number of nitrogens with zero attached hydrogens (tertiary/aromatic N) is 4. The number of nitrogens with one attached hydrogen (secondary N) is 1. The number of hydrogen-bond acceptors (Lipinski definition) is 7. The molecule has 2 aromatic heterocycles. The van der Waals surface area contributed by atoms with Gasteiger partial charge in [-0.25, -0.2) is 9.97 Å². The van der Waals surface area contributed by atoms with Crippen LogP contribution in [-0.2, 0) is 0 Å². The van der Waals surface area contributed by atoms with Crippen molar-refractivity contribution in [3.63, 3.8) is 0 Å². The second kappa shape index (κ2) is 10.1. The van der Waals surface area contributed by atoms with E-state index < -0.39 is 0 Å². The molecular formula is C31H37N5O2S. The van der Waals surface area contributed by atoms with Crippen LogP contribution in [0.5, 0.6) is 5.88 Å². The summed E-state index contributed by atoms with van der Waals surface area (Å²) in [5, 5.41) is 0.702. The first kappa shape index (κ1) is 26.1. The van der Waals surface area contributed by atoms with E-state index in [2.05, 4.69) is 55.5 Å². The van der Waals surface area contributed by atoms with Crippen LogP contribution in [-0.4, -0.2) is 44.4 Å². The van der Waals surface area contributed by atoms with Crippen molar-refractivity contribution < 1.29 is 9.53 Å². The van der Waals surface area contributed by atoms with Crippen LogP contribution in [0.3, 0.4) is 0 Å². The Bertz CT molecular complexity index is 1390. The molecule has 0 unspecified atom stereocenters. The van der Waals surface area contributed by atoms with E-state index >= 15 is 0 Å². The zero-order chi connectivity index (χ0) is 27.3. The first-order valence-electron chi connectivity index (χ1n) is 14.0. The molecule has 1 amide bonds. The molecule has 8 heteroatoms. The van der Waals surface area contributed by atoms with Crippen molar-refractivity contribution in [1.29, 1.82) is 0 Å². The Morgan fingerprint density at radius 2 is 1.77 bits per heavy atom. The van der Waals surface area contributed by atoms with Gasteiger partial charge in [0.15, 0.2) is 0 Å². The van der Waals surface area contributed by atoms with E-state index in [1.807, 2.05) is 25.1 Å². The van der Waals surface area contributed by atoms with Crippen LogP contribution in [0.25, 0.3) is 11.3 Å². The van der Waals surface area contributed by atoms with Gasteiger partial charge in [0.25, 0.3) is 5.91 Å². The number of aromatic nitrogens is 3. The Morgan fingerprint density at radius 3 is 2.46 bits per heavy atom. The third-order valence-electron chi connectivity index (χ3n) is 8.48. The summed E-state index contributed by atoms with van der Waals surface area (Å²) >= 11 is 1.31. The monoisotopic (exact) mass is 543 g/mol. The fraction of sp³-hybridized carbons (Fsp3) is 0.484. The first-order chi connectivity index (χ1) is 18.7. The van der Waals surface area contributed by atoms with Gasteiger partial charge >= 0.3 is 0 Å². The third-order valence-corrected chi connectivity index (χ3v) is 9.20. The molecule has 204 valence electrons. The molecule has 7 nitrogen and oxygen atoms in total. The molecule has 3 aromatic rings. The summed E-state index contributed by atoms with van der Waals surface area (Å²) < 4.78 is 9.82. The van der Waals surface area contributed by atoms with E-state index in [0.29, 0.717) is 40.5 Å². The Balaban J connectivity index is 1.44. The van der Waals surface area contributed by atoms with Gasteiger partial charge in [0.2, 0.25) is 11.8 Å². The van der Waals surface area contributed by atoms with Gasteiger partial charge in [-0.2, -0.15) is 4.98 Å². The molecule has 1 aromatic carbocycles.